The molecule has 0 spiro atoms. The van der Waals surface area contributed by atoms with Crippen LogP contribution in [0.3, 0.4) is 0 Å². The Balaban J connectivity index is 1.63. The fourth-order valence-corrected chi connectivity index (χ4v) is 3.42. The van der Waals surface area contributed by atoms with Crippen molar-refractivity contribution in [2.75, 3.05) is 34.4 Å². The van der Waals surface area contributed by atoms with E-state index < -0.39 is 0 Å². The van der Waals surface area contributed by atoms with Gasteiger partial charge in [0, 0.05) is 57.1 Å². The van der Waals surface area contributed by atoms with E-state index in [1.165, 1.54) is 0 Å². The zero-order valence-electron chi connectivity index (χ0n) is 14.4. The molecule has 1 fully saturated rings. The summed E-state index contributed by atoms with van der Waals surface area (Å²) >= 11 is 0. The number of hydrogen-bond acceptors (Lipinski definition) is 4. The van der Waals surface area contributed by atoms with Crippen molar-refractivity contribution >= 4 is 11.8 Å². The lowest BCUT2D eigenvalue weighted by molar-refractivity contribution is -0.139. The summed E-state index contributed by atoms with van der Waals surface area (Å²) in [7, 11) is 5.25. The molecule has 0 N–H and O–H groups in total. The number of fused-ring (bicyclic) bond motifs is 1. The molecule has 1 aromatic rings. The van der Waals surface area contributed by atoms with E-state index in [1.54, 1.807) is 24.0 Å². The van der Waals surface area contributed by atoms with E-state index >= 15 is 0 Å². The molecule has 1 saturated heterocycles. The van der Waals surface area contributed by atoms with Crippen LogP contribution in [0.15, 0.2) is 18.2 Å². The van der Waals surface area contributed by atoms with Gasteiger partial charge in [0.25, 0.3) is 0 Å². The number of benzene rings is 1. The minimum atomic E-state index is 0.0730. The van der Waals surface area contributed by atoms with Gasteiger partial charge in [-0.2, -0.15) is 0 Å². The molecule has 130 valence electrons. The molecular formula is C18H24N2O4. The van der Waals surface area contributed by atoms with Crippen LogP contribution in [0.25, 0.3) is 0 Å². The van der Waals surface area contributed by atoms with Gasteiger partial charge in [0.2, 0.25) is 11.8 Å². The highest BCUT2D eigenvalue weighted by Gasteiger charge is 2.32. The Labute approximate surface area is 142 Å². The molecule has 0 aliphatic carbocycles. The SMILES string of the molecule is COc1ccc2c(c1)OCC2CC(=O)N(C)C1CCC(=O)N(C)C1. The molecule has 0 bridgehead atoms. The molecule has 2 atom stereocenters. The van der Waals surface area contributed by atoms with E-state index in [1.807, 2.05) is 25.2 Å². The van der Waals surface area contributed by atoms with Crippen LogP contribution in [0, 0.1) is 0 Å². The molecular weight excluding hydrogens is 308 g/mol. The van der Waals surface area contributed by atoms with Gasteiger partial charge in [-0.25, -0.2) is 0 Å². The molecule has 6 nitrogen and oxygen atoms in total. The van der Waals surface area contributed by atoms with E-state index in [0.29, 0.717) is 26.0 Å². The molecule has 2 aliphatic rings. The number of methoxy groups -OCH3 is 1. The Hall–Kier alpha value is -2.24. The highest BCUT2D eigenvalue weighted by Crippen LogP contribution is 2.38. The van der Waals surface area contributed by atoms with E-state index in [2.05, 4.69) is 0 Å². The third-order valence-corrected chi connectivity index (χ3v) is 5.06. The molecule has 6 heteroatoms. The monoisotopic (exact) mass is 332 g/mol. The van der Waals surface area contributed by atoms with Crippen molar-refractivity contribution < 1.29 is 19.1 Å². The van der Waals surface area contributed by atoms with E-state index in [9.17, 15) is 9.59 Å². The van der Waals surface area contributed by atoms with Crippen LogP contribution in [0.1, 0.15) is 30.7 Å². The molecule has 2 unspecified atom stereocenters. The molecule has 0 radical (unpaired) electrons. The Morgan fingerprint density at radius 1 is 1.46 bits per heavy atom. The maximum Gasteiger partial charge on any atom is 0.223 e. The summed E-state index contributed by atoms with van der Waals surface area (Å²) in [6.07, 6.45) is 1.66. The number of ether oxygens (including phenoxy) is 2. The molecule has 2 amide bonds. The summed E-state index contributed by atoms with van der Waals surface area (Å²) in [5, 5.41) is 0. The van der Waals surface area contributed by atoms with Crippen molar-refractivity contribution in [1.82, 2.24) is 9.80 Å². The highest BCUT2D eigenvalue weighted by atomic mass is 16.5. The summed E-state index contributed by atoms with van der Waals surface area (Å²) in [6.45, 7) is 1.13. The fourth-order valence-electron chi connectivity index (χ4n) is 3.42. The van der Waals surface area contributed by atoms with Crippen molar-refractivity contribution in [1.29, 1.82) is 0 Å². The lowest BCUT2D eigenvalue weighted by Gasteiger charge is -2.36. The Morgan fingerprint density at radius 2 is 2.25 bits per heavy atom. The number of carbonyl (C=O) groups excluding carboxylic acids is 2. The lowest BCUT2D eigenvalue weighted by Crippen LogP contribution is -2.49. The number of hydrogen-bond donors (Lipinski definition) is 0. The fraction of sp³-hybridized carbons (Fsp3) is 0.556. The van der Waals surface area contributed by atoms with Crippen molar-refractivity contribution in [3.63, 3.8) is 0 Å². The summed E-state index contributed by atoms with van der Waals surface area (Å²) in [5.41, 5.74) is 1.06. The number of piperidine rings is 1. The predicted octanol–water partition coefficient (Wildman–Crippen LogP) is 1.64. The van der Waals surface area contributed by atoms with Gasteiger partial charge in [-0.1, -0.05) is 6.07 Å². The zero-order valence-corrected chi connectivity index (χ0v) is 14.4. The van der Waals surface area contributed by atoms with E-state index in [-0.39, 0.29) is 23.8 Å². The number of nitrogens with zero attached hydrogens (tertiary/aromatic N) is 2. The summed E-state index contributed by atoms with van der Waals surface area (Å²) in [5.74, 6) is 1.88. The molecule has 2 heterocycles. The van der Waals surface area contributed by atoms with Gasteiger partial charge in [0.1, 0.15) is 11.5 Å². The second-order valence-electron chi connectivity index (χ2n) is 6.59. The number of rotatable bonds is 4. The van der Waals surface area contributed by atoms with Gasteiger partial charge in [-0.3, -0.25) is 9.59 Å². The average Bonchev–Trinajstić information content (AvgIpc) is 2.98. The van der Waals surface area contributed by atoms with Crippen LogP contribution < -0.4 is 9.47 Å². The maximum atomic E-state index is 12.7. The van der Waals surface area contributed by atoms with Crippen molar-refractivity contribution in [2.45, 2.75) is 31.2 Å². The lowest BCUT2D eigenvalue weighted by atomic mass is 9.96. The third kappa shape index (κ3) is 3.18. The van der Waals surface area contributed by atoms with Crippen molar-refractivity contribution in [3.8, 4) is 11.5 Å². The van der Waals surface area contributed by atoms with E-state index in [4.69, 9.17) is 9.47 Å². The zero-order chi connectivity index (χ0) is 17.3. The first-order valence-corrected chi connectivity index (χ1v) is 8.30. The van der Waals surface area contributed by atoms with Crippen molar-refractivity contribution in [3.05, 3.63) is 23.8 Å². The summed E-state index contributed by atoms with van der Waals surface area (Å²) in [4.78, 5) is 27.8. The average molecular weight is 332 g/mol. The number of likely N-dealkylation sites (N-methyl/N-ethyl adjacent to an activating group) is 2. The van der Waals surface area contributed by atoms with Crippen molar-refractivity contribution in [2.24, 2.45) is 0 Å². The van der Waals surface area contributed by atoms with Crippen LogP contribution in [0.2, 0.25) is 0 Å². The molecule has 24 heavy (non-hydrogen) atoms. The number of carbonyl (C=O) groups is 2. The molecule has 2 aliphatic heterocycles. The van der Waals surface area contributed by atoms with Gasteiger partial charge in [0.05, 0.1) is 13.7 Å². The second kappa shape index (κ2) is 6.71. The molecule has 0 aromatic heterocycles. The Morgan fingerprint density at radius 3 is 2.96 bits per heavy atom. The Kier molecular flexibility index (Phi) is 4.64. The quantitative estimate of drug-likeness (QED) is 0.841. The van der Waals surface area contributed by atoms with Crippen LogP contribution >= 0.6 is 0 Å². The minimum Gasteiger partial charge on any atom is -0.497 e. The van der Waals surface area contributed by atoms with Gasteiger partial charge >= 0.3 is 0 Å². The van der Waals surface area contributed by atoms with Gasteiger partial charge < -0.3 is 19.3 Å². The standard InChI is InChI=1S/C18H24N2O4/c1-19-10-13(4-7-17(19)21)20(2)18(22)8-12-11-24-16-9-14(23-3)5-6-15(12)16/h5-6,9,12-13H,4,7-8,10-11H2,1-3H3. The third-order valence-electron chi connectivity index (χ3n) is 5.06. The number of likely N-dealkylation sites (tertiary alicyclic amines) is 1. The minimum absolute atomic E-state index is 0.0730. The van der Waals surface area contributed by atoms with Crippen LogP contribution in [-0.2, 0) is 9.59 Å². The second-order valence-corrected chi connectivity index (χ2v) is 6.59. The van der Waals surface area contributed by atoms with E-state index in [0.717, 1.165) is 23.5 Å². The first kappa shape index (κ1) is 16.6. The smallest absolute Gasteiger partial charge is 0.223 e. The highest BCUT2D eigenvalue weighted by molar-refractivity contribution is 5.79. The van der Waals surface area contributed by atoms with Gasteiger partial charge in [-0.15, -0.1) is 0 Å². The predicted molar refractivity (Wildman–Crippen MR) is 89.3 cm³/mol. The topological polar surface area (TPSA) is 59.1 Å². The first-order valence-electron chi connectivity index (χ1n) is 8.30. The molecule has 1 aromatic carbocycles. The van der Waals surface area contributed by atoms with Crippen LogP contribution in [0.4, 0.5) is 0 Å². The first-order chi connectivity index (χ1) is 11.5. The van der Waals surface area contributed by atoms with Crippen LogP contribution in [0.5, 0.6) is 11.5 Å². The number of amides is 2. The maximum absolute atomic E-state index is 12.7. The Bertz CT molecular complexity index is 646. The largest absolute Gasteiger partial charge is 0.497 e. The van der Waals surface area contributed by atoms with Gasteiger partial charge in [0.15, 0.2) is 0 Å². The normalized spacial score (nSPS) is 22.8. The van der Waals surface area contributed by atoms with Crippen LogP contribution in [-0.4, -0.2) is 62.0 Å². The summed E-state index contributed by atoms with van der Waals surface area (Å²) in [6, 6.07) is 5.84. The summed E-state index contributed by atoms with van der Waals surface area (Å²) < 4.78 is 10.9. The molecule has 3 rings (SSSR count). The van der Waals surface area contributed by atoms with Gasteiger partial charge in [-0.05, 0) is 12.5 Å². The molecule has 0 saturated carbocycles.